The summed E-state index contributed by atoms with van der Waals surface area (Å²) in [6, 6.07) is 17.8. The van der Waals surface area contributed by atoms with Crippen LogP contribution in [0.2, 0.25) is 5.02 Å². The minimum absolute atomic E-state index is 0.0625. The normalized spacial score (nSPS) is 15.8. The van der Waals surface area contributed by atoms with E-state index >= 15 is 0 Å². The molecule has 0 aromatic heterocycles. The summed E-state index contributed by atoms with van der Waals surface area (Å²) in [5, 5.41) is 3.31. The molecule has 50 heavy (non-hydrogen) atoms. The summed E-state index contributed by atoms with van der Waals surface area (Å²) in [7, 11) is 3.04. The second-order valence-corrected chi connectivity index (χ2v) is 13.2. The molecule has 0 unspecified atom stereocenters. The number of esters is 2. The summed E-state index contributed by atoms with van der Waals surface area (Å²) in [6.07, 6.45) is -0.753. The highest BCUT2D eigenvalue weighted by atomic mass is 35.5. The second-order valence-electron chi connectivity index (χ2n) is 12.8. The number of benzene rings is 3. The number of para-hydroxylation sites is 1. The van der Waals surface area contributed by atoms with Gasteiger partial charge in [-0.15, -0.1) is 0 Å². The van der Waals surface area contributed by atoms with Crippen LogP contribution in [0.5, 0.6) is 11.5 Å². The van der Waals surface area contributed by atoms with Crippen molar-refractivity contribution in [3.05, 3.63) is 82.4 Å². The van der Waals surface area contributed by atoms with Crippen LogP contribution in [0.25, 0.3) is 0 Å². The summed E-state index contributed by atoms with van der Waals surface area (Å²) >= 11 is 6.54. The lowest BCUT2D eigenvalue weighted by molar-refractivity contribution is -0.144. The highest BCUT2D eigenvalue weighted by molar-refractivity contribution is 6.30. The van der Waals surface area contributed by atoms with Crippen molar-refractivity contribution in [3.8, 4) is 11.5 Å². The fraction of sp³-hybridized carbons (Fsp3) is 0.421. The van der Waals surface area contributed by atoms with E-state index in [0.29, 0.717) is 64.9 Å². The summed E-state index contributed by atoms with van der Waals surface area (Å²) in [5.74, 6) is -0.659. The molecule has 268 valence electrons. The molecule has 4 rings (SSSR count). The molecule has 1 aliphatic rings. The number of fused-ring (bicyclic) bond motifs is 1. The van der Waals surface area contributed by atoms with Crippen molar-refractivity contribution in [2.75, 3.05) is 44.2 Å². The lowest BCUT2D eigenvalue weighted by Crippen LogP contribution is -2.46. The lowest BCUT2D eigenvalue weighted by atomic mass is 9.92. The van der Waals surface area contributed by atoms with E-state index in [9.17, 15) is 19.2 Å². The van der Waals surface area contributed by atoms with Crippen molar-refractivity contribution in [2.24, 2.45) is 5.41 Å². The summed E-state index contributed by atoms with van der Waals surface area (Å²) < 4.78 is 28.3. The van der Waals surface area contributed by atoms with Crippen molar-refractivity contribution >= 4 is 46.7 Å². The van der Waals surface area contributed by atoms with Gasteiger partial charge in [-0.3, -0.25) is 19.2 Å². The van der Waals surface area contributed by atoms with Crippen LogP contribution < -0.4 is 19.7 Å². The smallest absolute Gasteiger partial charge is 0.305 e. The van der Waals surface area contributed by atoms with E-state index in [1.807, 2.05) is 32.0 Å². The number of rotatable bonds is 15. The number of halogens is 1. The number of aryl methyl sites for hydroxylation is 1. The zero-order chi connectivity index (χ0) is 36.4. The highest BCUT2D eigenvalue weighted by Gasteiger charge is 2.41. The fourth-order valence-corrected chi connectivity index (χ4v) is 5.98. The molecule has 2 amide bonds. The Morgan fingerprint density at radius 2 is 1.72 bits per heavy atom. The number of carbonyl (C=O) groups is 4. The number of nitrogens with zero attached hydrogens (tertiary/aromatic N) is 1. The molecule has 1 aliphatic heterocycles. The van der Waals surface area contributed by atoms with Gasteiger partial charge >= 0.3 is 11.9 Å². The van der Waals surface area contributed by atoms with Gasteiger partial charge in [0, 0.05) is 52.8 Å². The van der Waals surface area contributed by atoms with Crippen LogP contribution in [-0.2, 0) is 39.8 Å². The largest absolute Gasteiger partial charge is 0.493 e. The average Bonchev–Trinajstić information content (AvgIpc) is 3.18. The molecule has 3 aromatic rings. The van der Waals surface area contributed by atoms with Gasteiger partial charge in [0.2, 0.25) is 5.91 Å². The van der Waals surface area contributed by atoms with Gasteiger partial charge in [-0.05, 0) is 61.7 Å². The van der Waals surface area contributed by atoms with E-state index in [1.165, 1.54) is 21.1 Å². The molecule has 0 fully saturated rings. The van der Waals surface area contributed by atoms with E-state index in [-0.39, 0.29) is 25.5 Å². The predicted molar refractivity (Wildman–Crippen MR) is 190 cm³/mol. The number of hydrogen-bond donors (Lipinski definition) is 1. The molecule has 3 aromatic carbocycles. The zero-order valence-corrected chi connectivity index (χ0v) is 30.1. The minimum atomic E-state index is -1.23. The number of nitrogens with one attached hydrogen (secondary N) is 1. The van der Waals surface area contributed by atoms with Gasteiger partial charge < -0.3 is 33.9 Å². The Bertz CT molecular complexity index is 1680. The molecule has 1 N–H and O–H groups in total. The Morgan fingerprint density at radius 3 is 2.38 bits per heavy atom. The first-order valence-electron chi connectivity index (χ1n) is 16.5. The van der Waals surface area contributed by atoms with Crippen LogP contribution in [-0.4, -0.2) is 63.8 Å². The fourth-order valence-electron chi connectivity index (χ4n) is 5.80. The topological polar surface area (TPSA) is 130 Å². The maximum Gasteiger partial charge on any atom is 0.305 e. The quantitative estimate of drug-likeness (QED) is 0.172. The van der Waals surface area contributed by atoms with E-state index in [2.05, 4.69) is 5.32 Å². The Morgan fingerprint density at radius 1 is 0.980 bits per heavy atom. The zero-order valence-electron chi connectivity index (χ0n) is 29.4. The third-order valence-electron chi connectivity index (χ3n) is 8.13. The Hall–Kier alpha value is -4.61. The molecule has 0 aliphatic carbocycles. The van der Waals surface area contributed by atoms with Gasteiger partial charge in [0.05, 0.1) is 33.9 Å². The molecule has 0 radical (unpaired) electrons. The molecular formula is C38H45ClN2O9. The SMILES string of the molecule is CCOC(=O)CCCc1ccc(NC(=O)C[C@H]2O[C@H](c3cccc(OC)c3OC)c3cc(Cl)ccc3N(CC(C)(C)COC(C)=O)C2=O)cc1. The molecule has 0 spiro atoms. The number of ether oxygens (including phenoxy) is 5. The van der Waals surface area contributed by atoms with Gasteiger partial charge in [-0.25, -0.2) is 0 Å². The van der Waals surface area contributed by atoms with Crippen LogP contribution in [0.4, 0.5) is 11.4 Å². The monoisotopic (exact) mass is 708 g/mol. The number of carbonyl (C=O) groups excluding carboxylic acids is 4. The van der Waals surface area contributed by atoms with E-state index in [0.717, 1.165) is 5.56 Å². The molecule has 2 atom stereocenters. The second kappa shape index (κ2) is 17.4. The van der Waals surface area contributed by atoms with Gasteiger partial charge in [-0.1, -0.05) is 49.7 Å². The van der Waals surface area contributed by atoms with Crippen LogP contribution in [0.1, 0.15) is 69.8 Å². The van der Waals surface area contributed by atoms with Crippen molar-refractivity contribution < 1.29 is 42.9 Å². The van der Waals surface area contributed by atoms with Gasteiger partial charge in [0.15, 0.2) is 11.5 Å². The number of methoxy groups -OCH3 is 2. The molecule has 11 nitrogen and oxygen atoms in total. The Kier molecular flexibility index (Phi) is 13.3. The van der Waals surface area contributed by atoms with Crippen molar-refractivity contribution in [2.45, 2.75) is 65.6 Å². The van der Waals surface area contributed by atoms with Crippen LogP contribution >= 0.6 is 11.6 Å². The summed E-state index contributed by atoms with van der Waals surface area (Å²) in [4.78, 5) is 52.9. The first-order valence-corrected chi connectivity index (χ1v) is 16.9. The third-order valence-corrected chi connectivity index (χ3v) is 8.37. The first kappa shape index (κ1) is 38.2. The molecule has 12 heteroatoms. The van der Waals surface area contributed by atoms with E-state index in [1.54, 1.807) is 54.3 Å². The third kappa shape index (κ3) is 9.98. The van der Waals surface area contributed by atoms with Crippen molar-refractivity contribution in [1.29, 1.82) is 0 Å². The van der Waals surface area contributed by atoms with Crippen LogP contribution in [0.15, 0.2) is 60.7 Å². The minimum Gasteiger partial charge on any atom is -0.493 e. The van der Waals surface area contributed by atoms with Crippen molar-refractivity contribution in [1.82, 2.24) is 0 Å². The van der Waals surface area contributed by atoms with Crippen LogP contribution in [0.3, 0.4) is 0 Å². The van der Waals surface area contributed by atoms with E-state index < -0.39 is 35.4 Å². The Labute approximate surface area is 298 Å². The molecule has 0 saturated carbocycles. The van der Waals surface area contributed by atoms with Gasteiger partial charge in [-0.2, -0.15) is 0 Å². The summed E-state index contributed by atoms with van der Waals surface area (Å²) in [5.41, 5.74) is 2.58. The Balaban J connectivity index is 1.65. The maximum atomic E-state index is 14.5. The maximum absolute atomic E-state index is 14.5. The molecular weight excluding hydrogens is 664 g/mol. The molecule has 0 bridgehead atoms. The average molecular weight is 709 g/mol. The molecule has 0 saturated heterocycles. The molecule has 1 heterocycles. The number of hydrogen-bond acceptors (Lipinski definition) is 9. The first-order chi connectivity index (χ1) is 23.8. The standard InChI is InChI=1S/C38H45ClN2O9/c1-7-48-34(44)13-8-10-25-14-17-27(18-15-25)40-33(43)21-32-37(45)41(22-38(3,4)23-49-24(2)42)30-19-16-26(39)20-29(30)35(50-32)28-11-9-12-31(46-5)36(28)47-6/h9,11-12,14-20,32,35H,7-8,10,13,21-23H2,1-6H3,(H,40,43)/t32-,35-/m1/s1. The van der Waals surface area contributed by atoms with Crippen LogP contribution in [0, 0.1) is 5.41 Å². The number of amides is 2. The lowest BCUT2D eigenvalue weighted by Gasteiger charge is -2.33. The number of anilines is 2. The predicted octanol–water partition coefficient (Wildman–Crippen LogP) is 6.68. The van der Waals surface area contributed by atoms with Crippen molar-refractivity contribution in [3.63, 3.8) is 0 Å². The van der Waals surface area contributed by atoms with Gasteiger partial charge in [0.25, 0.3) is 5.91 Å². The highest BCUT2D eigenvalue weighted by Crippen LogP contribution is 2.45. The summed E-state index contributed by atoms with van der Waals surface area (Å²) in [6.45, 7) is 7.44. The van der Waals surface area contributed by atoms with Gasteiger partial charge in [0.1, 0.15) is 12.2 Å². The van der Waals surface area contributed by atoms with E-state index in [4.69, 9.17) is 35.3 Å².